The third-order valence-corrected chi connectivity index (χ3v) is 5.55. The van der Waals surface area contributed by atoms with E-state index in [1.165, 1.54) is 32.6 Å². The lowest BCUT2D eigenvalue weighted by molar-refractivity contribution is -0.117. The van der Waals surface area contributed by atoms with Crippen LogP contribution in [0.25, 0.3) is 0 Å². The molecule has 1 aromatic rings. The number of benzene rings is 1. The highest BCUT2D eigenvalue weighted by Gasteiger charge is 2.25. The maximum atomic E-state index is 12.4. The minimum Gasteiger partial charge on any atom is -0.493 e. The molecule has 0 aliphatic carbocycles. The van der Waals surface area contributed by atoms with Crippen molar-refractivity contribution in [1.82, 2.24) is 10.2 Å². The lowest BCUT2D eigenvalue weighted by Gasteiger charge is -2.27. The molecule has 0 fully saturated rings. The smallest absolute Gasteiger partial charge is 0.256 e. The number of nitrogens with one attached hydrogen (secondary N) is 1. The van der Waals surface area contributed by atoms with Crippen LogP contribution in [0.4, 0.5) is 0 Å². The number of hydrogen-bond acceptors (Lipinski definition) is 8. The molecule has 0 spiro atoms. The highest BCUT2D eigenvalue weighted by atomic mass is 32.2. The van der Waals surface area contributed by atoms with Crippen molar-refractivity contribution in [3.05, 3.63) is 42.1 Å². The first-order valence-electron chi connectivity index (χ1n) is 9.12. The number of aliphatic hydroxyl groups excluding tert-OH is 1. The van der Waals surface area contributed by atoms with Crippen molar-refractivity contribution in [2.75, 3.05) is 39.7 Å². The number of amides is 1. The van der Waals surface area contributed by atoms with Gasteiger partial charge in [-0.2, -0.15) is 0 Å². The number of para-hydroxylation sites is 1. The number of aliphatic hydroxyl groups is 1. The van der Waals surface area contributed by atoms with E-state index in [9.17, 15) is 18.3 Å². The van der Waals surface area contributed by atoms with E-state index in [2.05, 4.69) is 9.71 Å². The molecule has 2 aliphatic rings. The van der Waals surface area contributed by atoms with E-state index < -0.39 is 22.0 Å². The Morgan fingerprint density at radius 3 is 2.63 bits per heavy atom. The van der Waals surface area contributed by atoms with Crippen molar-refractivity contribution < 1.29 is 32.5 Å². The Hall–Kier alpha value is -3.05. The number of methoxy groups -OCH3 is 2. The third-order valence-electron chi connectivity index (χ3n) is 4.39. The largest absolute Gasteiger partial charge is 0.493 e. The SMILES string of the molecule is COc1cccc(OC)c1OCC(O)CNC(=O)C1=CN2CCS(=O)(=O)N=C2C=C1. The topological polar surface area (TPSA) is 127 Å². The van der Waals surface area contributed by atoms with Crippen molar-refractivity contribution in [2.45, 2.75) is 6.10 Å². The van der Waals surface area contributed by atoms with E-state index in [1.807, 2.05) is 0 Å². The van der Waals surface area contributed by atoms with Crippen LogP contribution in [0.5, 0.6) is 17.2 Å². The molecule has 1 amide bonds. The Bertz CT molecular complexity index is 979. The highest BCUT2D eigenvalue weighted by molar-refractivity contribution is 7.90. The molecule has 162 valence electrons. The van der Waals surface area contributed by atoms with Crippen LogP contribution in [-0.4, -0.2) is 75.9 Å². The van der Waals surface area contributed by atoms with Crippen molar-refractivity contribution >= 4 is 21.8 Å². The van der Waals surface area contributed by atoms with E-state index in [0.29, 0.717) is 22.8 Å². The van der Waals surface area contributed by atoms with Gasteiger partial charge in [-0.1, -0.05) is 6.07 Å². The number of ether oxygens (including phenoxy) is 3. The van der Waals surface area contributed by atoms with Crippen molar-refractivity contribution in [1.29, 1.82) is 0 Å². The van der Waals surface area contributed by atoms with E-state index in [1.54, 1.807) is 23.1 Å². The van der Waals surface area contributed by atoms with Crippen LogP contribution >= 0.6 is 0 Å². The van der Waals surface area contributed by atoms with Gasteiger partial charge in [-0.25, -0.2) is 8.42 Å². The fourth-order valence-corrected chi connectivity index (χ4v) is 3.82. The minimum atomic E-state index is -3.45. The molecule has 0 saturated carbocycles. The second-order valence-corrected chi connectivity index (χ2v) is 8.27. The molecule has 2 N–H and O–H groups in total. The number of hydrogen-bond donors (Lipinski definition) is 2. The molecule has 0 aromatic heterocycles. The van der Waals surface area contributed by atoms with Crippen LogP contribution in [-0.2, 0) is 14.8 Å². The highest BCUT2D eigenvalue weighted by Crippen LogP contribution is 2.36. The number of fused-ring (bicyclic) bond motifs is 1. The molecular formula is C19H23N3O7S. The predicted molar refractivity (Wildman–Crippen MR) is 109 cm³/mol. The van der Waals surface area contributed by atoms with Crippen LogP contribution in [0, 0.1) is 0 Å². The van der Waals surface area contributed by atoms with Gasteiger partial charge in [-0.15, -0.1) is 4.40 Å². The summed E-state index contributed by atoms with van der Waals surface area (Å²) in [6.45, 7) is 0.0863. The standard InChI is InChI=1S/C19H23N3O7S/c1-27-15-4-3-5-16(28-2)18(15)29-12-14(23)10-20-19(24)13-6-7-17-21-30(25,26)9-8-22(17)11-13/h3-7,11,14,23H,8-10,12H2,1-2H3,(H,20,24). The second-order valence-electron chi connectivity index (χ2n) is 6.51. The van der Waals surface area contributed by atoms with E-state index in [0.717, 1.165) is 0 Å². The quantitative estimate of drug-likeness (QED) is 0.585. The van der Waals surface area contributed by atoms with Crippen LogP contribution in [0.15, 0.2) is 46.5 Å². The molecule has 2 heterocycles. The monoisotopic (exact) mass is 437 g/mol. The summed E-state index contributed by atoms with van der Waals surface area (Å²) in [5, 5.41) is 12.8. The van der Waals surface area contributed by atoms with Gasteiger partial charge in [-0.05, 0) is 24.3 Å². The Kier molecular flexibility index (Phi) is 6.63. The summed E-state index contributed by atoms with van der Waals surface area (Å²) in [4.78, 5) is 14.0. The van der Waals surface area contributed by atoms with Gasteiger partial charge in [-0.3, -0.25) is 4.79 Å². The van der Waals surface area contributed by atoms with Gasteiger partial charge in [0.1, 0.15) is 18.5 Å². The molecule has 10 nitrogen and oxygen atoms in total. The first-order valence-corrected chi connectivity index (χ1v) is 10.7. The Morgan fingerprint density at radius 2 is 1.97 bits per heavy atom. The molecule has 3 rings (SSSR count). The number of carbonyl (C=O) groups is 1. The number of sulfonamides is 1. The van der Waals surface area contributed by atoms with Crippen molar-refractivity contribution in [2.24, 2.45) is 4.40 Å². The lowest BCUT2D eigenvalue weighted by Crippen LogP contribution is -2.39. The molecule has 1 aromatic carbocycles. The maximum Gasteiger partial charge on any atom is 0.256 e. The Labute approximate surface area is 174 Å². The molecule has 11 heteroatoms. The molecule has 1 unspecified atom stereocenters. The first-order chi connectivity index (χ1) is 14.3. The molecular weight excluding hydrogens is 414 g/mol. The predicted octanol–water partition coefficient (Wildman–Crippen LogP) is 0.0573. The van der Waals surface area contributed by atoms with Gasteiger partial charge in [0, 0.05) is 19.3 Å². The number of amidine groups is 1. The average molecular weight is 437 g/mol. The fourth-order valence-electron chi connectivity index (χ4n) is 2.85. The van der Waals surface area contributed by atoms with Gasteiger partial charge in [0.2, 0.25) is 5.75 Å². The van der Waals surface area contributed by atoms with Crippen LogP contribution in [0.2, 0.25) is 0 Å². The van der Waals surface area contributed by atoms with Gasteiger partial charge in [0.05, 0.1) is 25.5 Å². The molecule has 0 bridgehead atoms. The molecule has 30 heavy (non-hydrogen) atoms. The van der Waals surface area contributed by atoms with E-state index in [-0.39, 0.29) is 31.3 Å². The molecule has 2 aliphatic heterocycles. The Morgan fingerprint density at radius 1 is 1.27 bits per heavy atom. The second kappa shape index (κ2) is 9.18. The summed E-state index contributed by atoms with van der Waals surface area (Å²) >= 11 is 0. The molecule has 0 radical (unpaired) electrons. The summed E-state index contributed by atoms with van der Waals surface area (Å²) in [5.41, 5.74) is 0.327. The first kappa shape index (κ1) is 21.7. The fraction of sp³-hybridized carbons (Fsp3) is 0.368. The van der Waals surface area contributed by atoms with E-state index in [4.69, 9.17) is 14.2 Å². The summed E-state index contributed by atoms with van der Waals surface area (Å²) in [5.74, 6) is 1.04. The van der Waals surface area contributed by atoms with E-state index >= 15 is 0 Å². The zero-order valence-corrected chi connectivity index (χ0v) is 17.4. The zero-order valence-electron chi connectivity index (χ0n) is 16.6. The van der Waals surface area contributed by atoms with Gasteiger partial charge >= 0.3 is 0 Å². The van der Waals surface area contributed by atoms with Crippen molar-refractivity contribution in [3.8, 4) is 17.2 Å². The molecule has 0 saturated heterocycles. The zero-order chi connectivity index (χ0) is 21.7. The van der Waals surface area contributed by atoms with Crippen LogP contribution in [0.1, 0.15) is 0 Å². The minimum absolute atomic E-state index is 0.0448. The van der Waals surface area contributed by atoms with Gasteiger partial charge < -0.3 is 29.5 Å². The van der Waals surface area contributed by atoms with Crippen molar-refractivity contribution in [3.63, 3.8) is 0 Å². The summed E-state index contributed by atoms with van der Waals surface area (Å²) < 4.78 is 42.8. The summed E-state index contributed by atoms with van der Waals surface area (Å²) in [7, 11) is -0.456. The van der Waals surface area contributed by atoms with Gasteiger partial charge in [0.15, 0.2) is 11.5 Å². The Balaban J connectivity index is 1.54. The number of nitrogens with zero attached hydrogens (tertiary/aromatic N) is 2. The van der Waals surface area contributed by atoms with Gasteiger partial charge in [0.25, 0.3) is 15.9 Å². The lowest BCUT2D eigenvalue weighted by atomic mass is 10.1. The number of carbonyl (C=O) groups excluding carboxylic acids is 1. The van der Waals surface area contributed by atoms with Crippen LogP contribution < -0.4 is 19.5 Å². The third kappa shape index (κ3) is 5.10. The maximum absolute atomic E-state index is 12.4. The number of rotatable bonds is 8. The summed E-state index contributed by atoms with van der Waals surface area (Å²) in [6, 6.07) is 5.16. The summed E-state index contributed by atoms with van der Waals surface area (Å²) in [6.07, 6.45) is 3.51. The van der Waals surface area contributed by atoms with Crippen LogP contribution in [0.3, 0.4) is 0 Å². The molecule has 1 atom stereocenters. The normalized spacial score (nSPS) is 17.9. The average Bonchev–Trinajstić information content (AvgIpc) is 2.74.